The van der Waals surface area contributed by atoms with Crippen molar-refractivity contribution in [2.75, 3.05) is 0 Å². The first-order chi connectivity index (χ1) is 13.0. The minimum Gasteiger partial charge on any atom is -0.302 e. The van der Waals surface area contributed by atoms with E-state index in [-0.39, 0.29) is 0 Å². The molecule has 0 aromatic carbocycles. The van der Waals surface area contributed by atoms with E-state index in [2.05, 4.69) is 9.05 Å². The Morgan fingerprint density at radius 2 is 0.966 bits per heavy atom. The van der Waals surface area contributed by atoms with Crippen molar-refractivity contribution < 1.29 is 71.2 Å². The standard InChI is InChI=1S/C12H3F12O4P/c13-1-3(15)7(19)11(23,8(20)4(1)16)27-29(25,26)28-12(24)9(21)5(17)2(14)6(18)10(12)22/h7,9H,(H,25,26). The highest BCUT2D eigenvalue weighted by Gasteiger charge is 2.63. The Balaban J connectivity index is 2.44. The van der Waals surface area contributed by atoms with Gasteiger partial charge >= 0.3 is 19.5 Å². The smallest absolute Gasteiger partial charge is 0.302 e. The van der Waals surface area contributed by atoms with Crippen LogP contribution in [0.5, 0.6) is 0 Å². The molecular formula is C12H3F12O4P. The fraction of sp³-hybridized carbons (Fsp3) is 0.333. The van der Waals surface area contributed by atoms with Crippen LogP contribution in [0.4, 0.5) is 52.7 Å². The van der Waals surface area contributed by atoms with Crippen LogP contribution in [-0.4, -0.2) is 28.9 Å². The zero-order valence-electron chi connectivity index (χ0n) is 12.8. The van der Waals surface area contributed by atoms with Crippen LogP contribution in [0.15, 0.2) is 46.6 Å². The zero-order chi connectivity index (χ0) is 22.7. The summed E-state index contributed by atoms with van der Waals surface area (Å²) in [6, 6.07) is 0. The van der Waals surface area contributed by atoms with Crippen molar-refractivity contribution in [3.05, 3.63) is 46.6 Å². The van der Waals surface area contributed by atoms with Gasteiger partial charge < -0.3 is 4.89 Å². The number of hydrogen-bond donors (Lipinski definition) is 1. The summed E-state index contributed by atoms with van der Waals surface area (Å²) in [7, 11) is -6.99. The van der Waals surface area contributed by atoms with Crippen LogP contribution in [0.3, 0.4) is 0 Å². The SMILES string of the molecule is O=P(O)(OC1(F)C(F)=C(F)C(F)=C(F)C1F)OC1(F)C(F)=C(F)C(F)=C(F)C1F. The van der Waals surface area contributed by atoms with Crippen LogP contribution >= 0.6 is 7.82 Å². The fourth-order valence-electron chi connectivity index (χ4n) is 2.00. The zero-order valence-corrected chi connectivity index (χ0v) is 13.7. The molecule has 164 valence electrons. The van der Waals surface area contributed by atoms with Crippen molar-refractivity contribution in [3.8, 4) is 0 Å². The fourth-order valence-corrected chi connectivity index (χ4v) is 3.05. The first-order valence-corrected chi connectivity index (χ1v) is 8.13. The Bertz CT molecular complexity index is 858. The Labute approximate surface area is 151 Å². The summed E-state index contributed by atoms with van der Waals surface area (Å²) in [6.45, 7) is 0. The number of hydrogen-bond acceptors (Lipinski definition) is 3. The van der Waals surface area contributed by atoms with E-state index < -0.39 is 78.5 Å². The highest BCUT2D eigenvalue weighted by molar-refractivity contribution is 7.47. The number of halogens is 12. The molecule has 0 fully saturated rings. The second-order valence-corrected chi connectivity index (χ2v) is 6.55. The molecule has 4 nitrogen and oxygen atoms in total. The predicted octanol–water partition coefficient (Wildman–Crippen LogP) is 5.76. The monoisotopic (exact) mass is 470 g/mol. The maximum Gasteiger partial charge on any atom is 0.478 e. The highest BCUT2D eigenvalue weighted by Crippen LogP contribution is 2.60. The average Bonchev–Trinajstić information content (AvgIpc) is 2.64. The van der Waals surface area contributed by atoms with Crippen molar-refractivity contribution in [3.63, 3.8) is 0 Å². The lowest BCUT2D eigenvalue weighted by molar-refractivity contribution is -0.157. The molecule has 0 aromatic heterocycles. The van der Waals surface area contributed by atoms with Gasteiger partial charge in [0.2, 0.25) is 24.0 Å². The van der Waals surface area contributed by atoms with E-state index in [1.54, 1.807) is 0 Å². The van der Waals surface area contributed by atoms with E-state index in [1.807, 2.05) is 0 Å². The first-order valence-electron chi connectivity index (χ1n) is 6.64. The van der Waals surface area contributed by atoms with Crippen molar-refractivity contribution >= 4 is 7.82 Å². The van der Waals surface area contributed by atoms with Gasteiger partial charge in [-0.05, 0) is 0 Å². The van der Waals surface area contributed by atoms with Gasteiger partial charge in [0.15, 0.2) is 35.0 Å². The van der Waals surface area contributed by atoms with Crippen molar-refractivity contribution in [2.24, 2.45) is 0 Å². The molecule has 0 saturated heterocycles. The summed E-state index contributed by atoms with van der Waals surface area (Å²) in [5.74, 6) is -35.8. The van der Waals surface area contributed by atoms with E-state index in [1.165, 1.54) is 0 Å². The largest absolute Gasteiger partial charge is 0.478 e. The minimum atomic E-state index is -6.99. The van der Waals surface area contributed by atoms with Crippen LogP contribution in [0.25, 0.3) is 0 Å². The number of rotatable bonds is 4. The van der Waals surface area contributed by atoms with E-state index in [4.69, 9.17) is 4.89 Å². The topological polar surface area (TPSA) is 55.8 Å². The summed E-state index contributed by atoms with van der Waals surface area (Å²) in [4.78, 5) is 9.11. The molecular weight excluding hydrogens is 467 g/mol. The lowest BCUT2D eigenvalue weighted by Crippen LogP contribution is -2.45. The average molecular weight is 470 g/mol. The number of allylic oxidation sites excluding steroid dienone is 4. The molecule has 0 amide bonds. The normalized spacial score (nSPS) is 36.2. The molecule has 0 spiro atoms. The highest BCUT2D eigenvalue weighted by atomic mass is 31.2. The summed E-state index contributed by atoms with van der Waals surface area (Å²) in [5, 5.41) is 0. The summed E-state index contributed by atoms with van der Waals surface area (Å²) < 4.78 is 178. The molecule has 0 radical (unpaired) electrons. The lowest BCUT2D eigenvalue weighted by atomic mass is 10.0. The molecule has 29 heavy (non-hydrogen) atoms. The molecule has 2 rings (SSSR count). The predicted molar refractivity (Wildman–Crippen MR) is 66.4 cm³/mol. The Morgan fingerprint density at radius 1 is 0.690 bits per heavy atom. The molecule has 0 aromatic rings. The molecule has 4 atom stereocenters. The summed E-state index contributed by atoms with van der Waals surface area (Å²) in [5.41, 5.74) is 0. The van der Waals surface area contributed by atoms with Crippen LogP contribution < -0.4 is 0 Å². The van der Waals surface area contributed by atoms with Gasteiger partial charge in [0.1, 0.15) is 0 Å². The second kappa shape index (κ2) is 7.18. The van der Waals surface area contributed by atoms with Crippen LogP contribution in [0.1, 0.15) is 0 Å². The summed E-state index contributed by atoms with van der Waals surface area (Å²) in [6.07, 6.45) is -8.75. The number of phosphoric ester groups is 1. The molecule has 0 aliphatic heterocycles. The third-order valence-corrected chi connectivity index (χ3v) is 4.38. The molecule has 0 heterocycles. The molecule has 2 aliphatic rings. The van der Waals surface area contributed by atoms with Gasteiger partial charge in [0, 0.05) is 0 Å². The quantitative estimate of drug-likeness (QED) is 0.420. The van der Waals surface area contributed by atoms with E-state index in [9.17, 15) is 57.3 Å². The number of phosphoric acid groups is 1. The molecule has 1 N–H and O–H groups in total. The molecule has 0 saturated carbocycles. The molecule has 0 bridgehead atoms. The van der Waals surface area contributed by atoms with Crippen molar-refractivity contribution in [1.29, 1.82) is 0 Å². The van der Waals surface area contributed by atoms with Crippen LogP contribution in [-0.2, 0) is 13.6 Å². The Kier molecular flexibility index (Phi) is 5.82. The van der Waals surface area contributed by atoms with Crippen molar-refractivity contribution in [2.45, 2.75) is 24.1 Å². The van der Waals surface area contributed by atoms with Gasteiger partial charge in [0.05, 0.1) is 0 Å². The second-order valence-electron chi connectivity index (χ2n) is 5.25. The van der Waals surface area contributed by atoms with Crippen molar-refractivity contribution in [1.82, 2.24) is 0 Å². The summed E-state index contributed by atoms with van der Waals surface area (Å²) >= 11 is 0. The molecule has 2 aliphatic carbocycles. The third-order valence-electron chi connectivity index (χ3n) is 3.38. The van der Waals surface area contributed by atoms with Gasteiger partial charge in [0.25, 0.3) is 0 Å². The van der Waals surface area contributed by atoms with Crippen LogP contribution in [0, 0.1) is 0 Å². The van der Waals surface area contributed by atoms with Gasteiger partial charge in [-0.3, -0.25) is 0 Å². The van der Waals surface area contributed by atoms with E-state index in [0.29, 0.717) is 0 Å². The molecule has 4 unspecified atom stereocenters. The number of alkyl halides is 4. The first kappa shape index (κ1) is 23.5. The minimum absolute atomic E-state index is 2.93. The van der Waals surface area contributed by atoms with Gasteiger partial charge in [-0.25, -0.2) is 57.5 Å². The van der Waals surface area contributed by atoms with Gasteiger partial charge in [-0.1, -0.05) is 0 Å². The van der Waals surface area contributed by atoms with E-state index in [0.717, 1.165) is 0 Å². The maximum absolute atomic E-state index is 14.2. The maximum atomic E-state index is 14.2. The third kappa shape index (κ3) is 3.51. The van der Waals surface area contributed by atoms with Gasteiger partial charge in [-0.15, -0.1) is 0 Å². The Morgan fingerprint density at radius 3 is 1.24 bits per heavy atom. The lowest BCUT2D eigenvalue weighted by Gasteiger charge is -2.34. The van der Waals surface area contributed by atoms with E-state index >= 15 is 0 Å². The van der Waals surface area contributed by atoms with Gasteiger partial charge in [-0.2, -0.15) is 8.78 Å². The van der Waals surface area contributed by atoms with Crippen LogP contribution in [0.2, 0.25) is 0 Å². The molecule has 17 heteroatoms. The Hall–Kier alpha value is -1.77.